The molecule has 1 aliphatic rings. The Morgan fingerprint density at radius 2 is 1.81 bits per heavy atom. The van der Waals surface area contributed by atoms with Gasteiger partial charge in [0.25, 0.3) is 0 Å². The van der Waals surface area contributed by atoms with E-state index in [1.54, 1.807) is 19.1 Å². The van der Waals surface area contributed by atoms with Gasteiger partial charge >= 0.3 is 0 Å². The largest absolute Gasteiger partial charge is 0.344 e. The average molecular weight is 292 g/mol. The third-order valence-electron chi connectivity index (χ3n) is 3.69. The Hall–Kier alpha value is -1.91. The number of nitrogens with one attached hydrogen (secondary N) is 1. The number of piperidine rings is 1. The molecule has 2 rings (SSSR count). The van der Waals surface area contributed by atoms with Crippen molar-refractivity contribution in [2.75, 3.05) is 13.1 Å². The molecule has 0 bridgehead atoms. The molecule has 5 heteroatoms. The van der Waals surface area contributed by atoms with Crippen LogP contribution in [0.15, 0.2) is 24.3 Å². The molecule has 1 N–H and O–H groups in total. The number of likely N-dealkylation sites (tertiary alicyclic amines) is 1. The molecule has 0 spiro atoms. The van der Waals surface area contributed by atoms with E-state index in [0.717, 1.165) is 37.9 Å². The van der Waals surface area contributed by atoms with Crippen molar-refractivity contribution in [3.05, 3.63) is 35.6 Å². The summed E-state index contributed by atoms with van der Waals surface area (Å²) in [7, 11) is 0. The number of halogens is 1. The highest BCUT2D eigenvalue weighted by Crippen LogP contribution is 2.10. The Bertz CT molecular complexity index is 496. The quantitative estimate of drug-likeness (QED) is 0.921. The van der Waals surface area contributed by atoms with Crippen LogP contribution in [0.4, 0.5) is 4.39 Å². The number of hydrogen-bond donors (Lipinski definition) is 1. The Morgan fingerprint density at radius 3 is 2.43 bits per heavy atom. The van der Waals surface area contributed by atoms with Gasteiger partial charge in [-0.25, -0.2) is 4.39 Å². The second kappa shape index (κ2) is 7.20. The zero-order valence-corrected chi connectivity index (χ0v) is 12.3. The SMILES string of the molecule is C[C@H](NC(=O)Cc1ccc(F)cc1)C(=O)N1CCCCC1. The molecule has 0 aromatic heterocycles. The Kier molecular flexibility index (Phi) is 5.31. The van der Waals surface area contributed by atoms with Crippen molar-refractivity contribution in [2.45, 2.75) is 38.6 Å². The molecule has 1 aromatic rings. The lowest BCUT2D eigenvalue weighted by Crippen LogP contribution is -2.48. The monoisotopic (exact) mass is 292 g/mol. The van der Waals surface area contributed by atoms with Gasteiger partial charge in [0.05, 0.1) is 6.42 Å². The molecule has 1 fully saturated rings. The van der Waals surface area contributed by atoms with Crippen molar-refractivity contribution in [3.8, 4) is 0 Å². The standard InChI is InChI=1S/C16H21FN2O2/c1-12(16(21)19-9-3-2-4-10-19)18-15(20)11-13-5-7-14(17)8-6-13/h5-8,12H,2-4,9-11H2,1H3,(H,18,20)/t12-/m0/s1. The molecular formula is C16H21FN2O2. The molecule has 0 saturated carbocycles. The second-order valence-corrected chi connectivity index (χ2v) is 5.48. The molecule has 1 aliphatic heterocycles. The van der Waals surface area contributed by atoms with Gasteiger partial charge in [-0.15, -0.1) is 0 Å². The predicted octanol–water partition coefficient (Wildman–Crippen LogP) is 1.89. The van der Waals surface area contributed by atoms with E-state index in [1.807, 2.05) is 4.90 Å². The Balaban J connectivity index is 1.83. The fourth-order valence-electron chi connectivity index (χ4n) is 2.53. The van der Waals surface area contributed by atoms with Gasteiger partial charge in [0.1, 0.15) is 11.9 Å². The first kappa shape index (κ1) is 15.5. The van der Waals surface area contributed by atoms with Gasteiger partial charge in [-0.2, -0.15) is 0 Å². The number of hydrogen-bond acceptors (Lipinski definition) is 2. The minimum Gasteiger partial charge on any atom is -0.344 e. The van der Waals surface area contributed by atoms with E-state index < -0.39 is 6.04 Å². The maximum Gasteiger partial charge on any atom is 0.244 e. The highest BCUT2D eigenvalue weighted by Gasteiger charge is 2.23. The lowest BCUT2D eigenvalue weighted by Gasteiger charge is -2.29. The van der Waals surface area contributed by atoms with E-state index in [4.69, 9.17) is 0 Å². The summed E-state index contributed by atoms with van der Waals surface area (Å²) in [6.07, 6.45) is 3.37. The first-order chi connectivity index (χ1) is 10.1. The Morgan fingerprint density at radius 1 is 1.19 bits per heavy atom. The fraction of sp³-hybridized carbons (Fsp3) is 0.500. The molecule has 1 atom stereocenters. The highest BCUT2D eigenvalue weighted by atomic mass is 19.1. The van der Waals surface area contributed by atoms with E-state index in [1.165, 1.54) is 12.1 Å². The first-order valence-electron chi connectivity index (χ1n) is 7.39. The van der Waals surface area contributed by atoms with E-state index in [2.05, 4.69) is 5.32 Å². The molecule has 0 unspecified atom stereocenters. The summed E-state index contributed by atoms with van der Waals surface area (Å²) in [6, 6.07) is 5.28. The number of carbonyl (C=O) groups is 2. The summed E-state index contributed by atoms with van der Waals surface area (Å²) in [5.74, 6) is -0.575. The molecule has 0 radical (unpaired) electrons. The highest BCUT2D eigenvalue weighted by molar-refractivity contribution is 5.88. The molecule has 114 valence electrons. The van der Waals surface area contributed by atoms with Crippen LogP contribution in [0.3, 0.4) is 0 Å². The van der Waals surface area contributed by atoms with Crippen molar-refractivity contribution in [1.29, 1.82) is 0 Å². The predicted molar refractivity (Wildman–Crippen MR) is 78.1 cm³/mol. The molecule has 0 aliphatic carbocycles. The van der Waals surface area contributed by atoms with Crippen molar-refractivity contribution in [3.63, 3.8) is 0 Å². The normalized spacial score (nSPS) is 16.4. The number of rotatable bonds is 4. The molecule has 2 amide bonds. The maximum atomic E-state index is 12.8. The fourth-order valence-corrected chi connectivity index (χ4v) is 2.53. The van der Waals surface area contributed by atoms with Crippen molar-refractivity contribution in [1.82, 2.24) is 10.2 Å². The summed E-state index contributed by atoms with van der Waals surface area (Å²) in [5, 5.41) is 2.72. The van der Waals surface area contributed by atoms with Gasteiger partial charge in [0, 0.05) is 13.1 Å². The molecule has 1 saturated heterocycles. The zero-order chi connectivity index (χ0) is 15.2. The Labute approximate surface area is 124 Å². The molecular weight excluding hydrogens is 271 g/mol. The zero-order valence-electron chi connectivity index (χ0n) is 12.3. The van der Waals surface area contributed by atoms with Gasteiger partial charge in [-0.1, -0.05) is 12.1 Å². The minimum absolute atomic E-state index is 0.0258. The van der Waals surface area contributed by atoms with Crippen LogP contribution >= 0.6 is 0 Å². The van der Waals surface area contributed by atoms with Gasteiger partial charge in [-0.3, -0.25) is 9.59 Å². The topological polar surface area (TPSA) is 49.4 Å². The second-order valence-electron chi connectivity index (χ2n) is 5.48. The summed E-state index contributed by atoms with van der Waals surface area (Å²) in [4.78, 5) is 25.9. The van der Waals surface area contributed by atoms with Crippen LogP contribution in [0.1, 0.15) is 31.7 Å². The van der Waals surface area contributed by atoms with E-state index in [-0.39, 0.29) is 24.1 Å². The summed E-state index contributed by atoms with van der Waals surface area (Å²) < 4.78 is 12.8. The molecule has 4 nitrogen and oxygen atoms in total. The van der Waals surface area contributed by atoms with E-state index in [0.29, 0.717) is 0 Å². The van der Waals surface area contributed by atoms with Crippen LogP contribution in [0, 0.1) is 5.82 Å². The van der Waals surface area contributed by atoms with Crippen LogP contribution in [0.2, 0.25) is 0 Å². The minimum atomic E-state index is -0.518. The summed E-state index contributed by atoms with van der Waals surface area (Å²) in [5.41, 5.74) is 0.728. The number of nitrogens with zero attached hydrogens (tertiary/aromatic N) is 1. The van der Waals surface area contributed by atoms with Gasteiger partial charge in [0.2, 0.25) is 11.8 Å². The lowest BCUT2D eigenvalue weighted by molar-refractivity contribution is -0.136. The maximum absolute atomic E-state index is 12.8. The lowest BCUT2D eigenvalue weighted by atomic mass is 10.1. The van der Waals surface area contributed by atoms with Gasteiger partial charge in [-0.05, 0) is 43.9 Å². The molecule has 1 heterocycles. The third-order valence-corrected chi connectivity index (χ3v) is 3.69. The van der Waals surface area contributed by atoms with Crippen LogP contribution in [-0.4, -0.2) is 35.8 Å². The van der Waals surface area contributed by atoms with Crippen LogP contribution in [-0.2, 0) is 16.0 Å². The number of amides is 2. The third kappa shape index (κ3) is 4.55. The van der Waals surface area contributed by atoms with E-state index >= 15 is 0 Å². The smallest absolute Gasteiger partial charge is 0.244 e. The van der Waals surface area contributed by atoms with Crippen LogP contribution in [0.25, 0.3) is 0 Å². The first-order valence-corrected chi connectivity index (χ1v) is 7.39. The number of carbonyl (C=O) groups excluding carboxylic acids is 2. The number of benzene rings is 1. The van der Waals surface area contributed by atoms with Gasteiger partial charge in [0.15, 0.2) is 0 Å². The van der Waals surface area contributed by atoms with Crippen LogP contribution < -0.4 is 5.32 Å². The summed E-state index contributed by atoms with van der Waals surface area (Å²) >= 11 is 0. The summed E-state index contributed by atoms with van der Waals surface area (Å²) in [6.45, 7) is 3.26. The van der Waals surface area contributed by atoms with Crippen LogP contribution in [0.5, 0.6) is 0 Å². The average Bonchev–Trinajstić information content (AvgIpc) is 2.49. The van der Waals surface area contributed by atoms with E-state index in [9.17, 15) is 14.0 Å². The van der Waals surface area contributed by atoms with Crippen molar-refractivity contribution >= 4 is 11.8 Å². The van der Waals surface area contributed by atoms with Gasteiger partial charge < -0.3 is 10.2 Å². The van der Waals surface area contributed by atoms with Crippen molar-refractivity contribution in [2.24, 2.45) is 0 Å². The van der Waals surface area contributed by atoms with Crippen molar-refractivity contribution < 1.29 is 14.0 Å². The molecule has 1 aromatic carbocycles. The molecule has 21 heavy (non-hydrogen) atoms.